The highest BCUT2D eigenvalue weighted by Crippen LogP contribution is 2.51. The molecule has 8 nitrogen and oxygen atoms in total. The molecule has 6 aromatic carbocycles. The van der Waals surface area contributed by atoms with Crippen molar-refractivity contribution in [2.24, 2.45) is 9.98 Å². The minimum absolute atomic E-state index is 0. The Bertz CT molecular complexity index is 3430. The van der Waals surface area contributed by atoms with Crippen molar-refractivity contribution in [1.82, 2.24) is 0 Å². The molecule has 2 aliphatic heterocycles. The highest BCUT2D eigenvalue weighted by molar-refractivity contribution is 6.01. The van der Waals surface area contributed by atoms with Crippen LogP contribution in [0.15, 0.2) is 131 Å². The van der Waals surface area contributed by atoms with Crippen LogP contribution in [0, 0.1) is 6.92 Å². The number of fused-ring (bicyclic) bond motifs is 2. The van der Waals surface area contributed by atoms with E-state index in [1.807, 2.05) is 13.0 Å². The molecule has 0 bridgehead atoms. The molecular weight excluding hydrogens is 1080 g/mol. The predicted molar refractivity (Wildman–Crippen MR) is 282 cm³/mol. The van der Waals surface area contributed by atoms with E-state index in [0.717, 1.165) is 25.5 Å². The van der Waals surface area contributed by atoms with Crippen molar-refractivity contribution >= 4 is 34.7 Å². The molecule has 0 aromatic heterocycles. The van der Waals surface area contributed by atoms with Gasteiger partial charge in [-0.25, -0.2) is 9.98 Å². The summed E-state index contributed by atoms with van der Waals surface area (Å²) in [5.74, 6) is -1.12. The molecule has 8 rings (SSSR count). The van der Waals surface area contributed by atoms with Crippen molar-refractivity contribution in [3.63, 3.8) is 0 Å². The number of halogens is 12. The van der Waals surface area contributed by atoms with Crippen LogP contribution in [0.4, 0.5) is 64.1 Å². The molecule has 20 heteroatoms. The summed E-state index contributed by atoms with van der Waals surface area (Å²) in [7, 11) is 0. The van der Waals surface area contributed by atoms with Crippen LogP contribution in [0.3, 0.4) is 0 Å². The van der Waals surface area contributed by atoms with Crippen LogP contribution in [0.5, 0.6) is 0 Å². The van der Waals surface area contributed by atoms with E-state index in [1.54, 1.807) is 37.3 Å². The smallest absolute Gasteiger partial charge is 0.432 e. The molecule has 2 aliphatic rings. The zero-order chi connectivity index (χ0) is 59.3. The maximum absolute atomic E-state index is 14.4. The summed E-state index contributed by atoms with van der Waals surface area (Å²) in [5, 5.41) is 20.9. The molecule has 0 amide bonds. The molecule has 81 heavy (non-hydrogen) atoms. The molecule has 0 spiro atoms. The molecule has 432 valence electrons. The van der Waals surface area contributed by atoms with Gasteiger partial charge in [-0.2, -0.15) is 52.7 Å². The van der Waals surface area contributed by atoms with Gasteiger partial charge in [0.15, 0.2) is 28.7 Å². The minimum atomic E-state index is -5.11. The Morgan fingerprint density at radius 1 is 0.556 bits per heavy atom. The van der Waals surface area contributed by atoms with E-state index in [-0.39, 0.29) is 100 Å². The monoisotopic (exact) mass is 1140 g/mol. The maximum Gasteiger partial charge on any atom is 0.432 e. The number of benzene rings is 6. The number of aliphatic imine (C=N–C) groups is 2. The van der Waals surface area contributed by atoms with Crippen LogP contribution < -0.4 is 0 Å². The Kier molecular flexibility index (Phi) is 17.5. The number of rotatable bonds is 12. The highest BCUT2D eigenvalue weighted by Gasteiger charge is 2.59. The van der Waals surface area contributed by atoms with Crippen LogP contribution in [-0.4, -0.2) is 58.3 Å². The predicted octanol–water partition coefficient (Wildman–Crippen LogP) is 16.0. The largest absolute Gasteiger partial charge is 0.460 e. The number of ketones is 2. The van der Waals surface area contributed by atoms with Gasteiger partial charge in [-0.1, -0.05) is 98.8 Å². The van der Waals surface area contributed by atoms with Crippen molar-refractivity contribution in [3.8, 4) is 0 Å². The Hall–Kier alpha value is -7.32. The summed E-state index contributed by atoms with van der Waals surface area (Å²) in [4.78, 5) is 33.1. The van der Waals surface area contributed by atoms with Gasteiger partial charge in [-0.05, 0) is 148 Å². The molecule has 4 unspecified atom stereocenters. The molecule has 0 saturated carbocycles. The van der Waals surface area contributed by atoms with Crippen LogP contribution in [0.2, 0.25) is 0 Å². The number of carbonyl (C=O) groups excluding carboxylic acids is 2. The van der Waals surface area contributed by atoms with Gasteiger partial charge in [0.2, 0.25) is 17.1 Å². The Labute approximate surface area is 460 Å². The third kappa shape index (κ3) is 12.8. The average molecular weight is 1140 g/mol. The van der Waals surface area contributed by atoms with Crippen LogP contribution in [0.1, 0.15) is 143 Å². The van der Waals surface area contributed by atoms with Gasteiger partial charge < -0.3 is 19.7 Å². The Morgan fingerprint density at radius 3 is 1.48 bits per heavy atom. The quantitative estimate of drug-likeness (QED) is 0.0931. The van der Waals surface area contributed by atoms with Gasteiger partial charge >= 0.3 is 24.7 Å². The lowest BCUT2D eigenvalue weighted by Gasteiger charge is -2.37. The van der Waals surface area contributed by atoms with Crippen molar-refractivity contribution in [2.75, 3.05) is 0 Å². The van der Waals surface area contributed by atoms with E-state index in [9.17, 15) is 72.5 Å². The fourth-order valence-electron chi connectivity index (χ4n) is 9.39. The first-order valence-corrected chi connectivity index (χ1v) is 24.9. The van der Waals surface area contributed by atoms with Crippen LogP contribution in [0.25, 0.3) is 0 Å². The summed E-state index contributed by atoms with van der Waals surface area (Å²) in [6.07, 6.45) is -19.9. The normalized spacial score (nSPS) is 18.6. The van der Waals surface area contributed by atoms with Gasteiger partial charge in [0, 0.05) is 41.2 Å². The van der Waals surface area contributed by atoms with E-state index in [2.05, 4.69) is 9.98 Å². The van der Waals surface area contributed by atoms with Gasteiger partial charge in [0.1, 0.15) is 0 Å². The fourth-order valence-corrected chi connectivity index (χ4v) is 9.39. The number of ether oxygens (including phenoxy) is 2. The Morgan fingerprint density at radius 2 is 1.00 bits per heavy atom. The third-order valence-corrected chi connectivity index (χ3v) is 14.3. The summed E-state index contributed by atoms with van der Waals surface area (Å²) in [6, 6.07) is 29.3. The lowest BCUT2D eigenvalue weighted by molar-refractivity contribution is -0.259. The maximum atomic E-state index is 14.4. The number of nitrogens with zero attached hydrogens (tertiary/aromatic N) is 2. The minimum Gasteiger partial charge on any atom is -0.460 e. The summed E-state index contributed by atoms with van der Waals surface area (Å²) in [5.41, 5.74) is -9.61. The summed E-state index contributed by atoms with van der Waals surface area (Å²) in [6.45, 7) is 9.19. The summed E-state index contributed by atoms with van der Waals surface area (Å²) < 4.78 is 179. The van der Waals surface area contributed by atoms with E-state index in [4.69, 9.17) is 9.47 Å². The Balaban J connectivity index is 0.000000258. The number of hydrogen-bond acceptors (Lipinski definition) is 8. The standard InChI is InChI=1S/C31H30F6O4.C29H24F6N2O2.CH4/c1-5-21-11-9-19(14-25(21)28(3,40)30(32,33)34)13-20-10-12-23(26(15-20)29(4,41)31(35,36)37)17-27(39)24-8-6-7-22(16-24)18(2)38;1-16-6-5-7-20(12-16)25-37-24-11-9-19(15-22(24)27(4,39-25)29(33,34)35)13-18-8-10-23-21(14-18)26(3,28(30,31)32)38-17(2)36-23;/h6-12,14-16,40-41H,5,13,17H2,1-4H3;5-12,14-15H,13H2,1-4H3;1H4. The molecule has 2 N–H and O–H groups in total. The van der Waals surface area contributed by atoms with Crippen molar-refractivity contribution in [1.29, 1.82) is 0 Å². The lowest BCUT2D eigenvalue weighted by Crippen LogP contribution is -2.45. The first-order chi connectivity index (χ1) is 36.9. The number of carbonyl (C=O) groups is 2. The van der Waals surface area contributed by atoms with E-state index in [0.29, 0.717) is 36.1 Å². The molecule has 0 radical (unpaired) electrons. The number of Topliss-reactive ketones (excluding diaryl/α,β-unsaturated/α-hetero) is 2. The van der Waals surface area contributed by atoms with Gasteiger partial charge in [0.25, 0.3) is 0 Å². The average Bonchev–Trinajstić information content (AvgIpc) is 3.57. The third-order valence-electron chi connectivity index (χ3n) is 14.3. The number of aliphatic hydroxyl groups is 2. The van der Waals surface area contributed by atoms with Crippen LogP contribution >= 0.6 is 0 Å². The number of hydrogen-bond donors (Lipinski definition) is 2. The highest BCUT2D eigenvalue weighted by atomic mass is 19.4. The molecule has 0 saturated heterocycles. The van der Waals surface area contributed by atoms with Crippen molar-refractivity contribution < 1.29 is 82.0 Å². The van der Waals surface area contributed by atoms with E-state index >= 15 is 0 Å². The summed E-state index contributed by atoms with van der Waals surface area (Å²) >= 11 is 0. The van der Waals surface area contributed by atoms with Gasteiger partial charge in [-0.3, -0.25) is 9.59 Å². The molecular formula is C61H58F12N2O6. The fraction of sp³-hybridized carbons (Fsp3) is 0.344. The lowest BCUT2D eigenvalue weighted by atomic mass is 9.84. The van der Waals surface area contributed by atoms with Gasteiger partial charge in [-0.15, -0.1) is 0 Å². The first kappa shape index (κ1) is 62.9. The van der Waals surface area contributed by atoms with E-state index < -0.39 is 64.9 Å². The number of alkyl halides is 12. The molecule has 0 fully saturated rings. The molecule has 2 heterocycles. The number of aryl methyl sites for hydroxylation is 2. The zero-order valence-corrected chi connectivity index (χ0v) is 44.3. The van der Waals surface area contributed by atoms with Crippen molar-refractivity contribution in [3.05, 3.63) is 199 Å². The van der Waals surface area contributed by atoms with Gasteiger partial charge in [0.05, 0.1) is 11.4 Å². The topological polar surface area (TPSA) is 118 Å². The molecule has 4 atom stereocenters. The SMILES string of the molecule is C.CC1=Nc2ccc(Cc3ccc4c(c3)C(C)(C(F)(F)F)OC(c3cccc(C)c3)=N4)cc2C(C)(C(F)(F)F)O1.CCc1ccc(Cc2ccc(CC(=O)c3cccc(C(C)=O)c3)c(C(C)(O)C(F)(F)F)c2)cc1C(C)(O)C(F)(F)F. The van der Waals surface area contributed by atoms with E-state index in [1.165, 1.54) is 92.7 Å². The second kappa shape index (κ2) is 22.6. The van der Waals surface area contributed by atoms with Crippen LogP contribution in [-0.2, 0) is 57.6 Å². The van der Waals surface area contributed by atoms with Crippen molar-refractivity contribution in [2.45, 2.75) is 136 Å². The first-order valence-electron chi connectivity index (χ1n) is 24.9. The molecule has 0 aliphatic carbocycles. The molecule has 6 aromatic rings. The zero-order valence-electron chi connectivity index (χ0n) is 44.3. The second-order valence-electron chi connectivity index (χ2n) is 20.5. The second-order valence-corrected chi connectivity index (χ2v) is 20.5.